The zero-order chi connectivity index (χ0) is 18.6. The van der Waals surface area contributed by atoms with Crippen LogP contribution >= 0.6 is 11.8 Å². The van der Waals surface area contributed by atoms with E-state index >= 15 is 0 Å². The lowest BCUT2D eigenvalue weighted by molar-refractivity contribution is -0.141. The average Bonchev–Trinajstić information content (AvgIpc) is 3.30. The van der Waals surface area contributed by atoms with Gasteiger partial charge in [0, 0.05) is 30.4 Å². The normalized spacial score (nSPS) is 15.2. The van der Waals surface area contributed by atoms with E-state index in [0.717, 1.165) is 23.3 Å². The third kappa shape index (κ3) is 4.28. The molecule has 1 atom stereocenters. The van der Waals surface area contributed by atoms with Crippen molar-refractivity contribution in [2.45, 2.75) is 31.2 Å². The van der Waals surface area contributed by atoms with Gasteiger partial charge >= 0.3 is 5.97 Å². The zero-order valence-corrected chi connectivity index (χ0v) is 15.4. The van der Waals surface area contributed by atoms with Crippen molar-refractivity contribution in [1.29, 1.82) is 0 Å². The molecule has 2 aromatic heterocycles. The quantitative estimate of drug-likeness (QED) is 0.364. The highest BCUT2D eigenvalue weighted by molar-refractivity contribution is 7.99. The molecule has 0 unspecified atom stereocenters. The molecule has 0 N–H and O–H groups in total. The second kappa shape index (κ2) is 7.79. The molecule has 4 rings (SSSR count). The number of hydrogen-bond donors (Lipinski definition) is 0. The van der Waals surface area contributed by atoms with Crippen molar-refractivity contribution >= 4 is 17.7 Å². The molecule has 0 amide bonds. The Hall–Kier alpha value is -2.87. The zero-order valence-electron chi connectivity index (χ0n) is 14.6. The minimum atomic E-state index is -0.360. The van der Waals surface area contributed by atoms with Crippen LogP contribution in [0.1, 0.15) is 18.2 Å². The van der Waals surface area contributed by atoms with Crippen LogP contribution in [0.2, 0.25) is 0 Å². The molecular weight excluding hydrogens is 366 g/mol. The standard InChI is InChI=1S/C19H17N3O4S/c1-12-7-14-8-13(3-4-16(14)25-12)17-9-15(22-26-17)10-24-18(23)11-27-19-20-5-2-6-21-19/h2-6,8-9,12H,7,10-11H2,1H3/t12-/m1/s1. The minimum Gasteiger partial charge on any atom is -0.490 e. The lowest BCUT2D eigenvalue weighted by Gasteiger charge is -2.02. The summed E-state index contributed by atoms with van der Waals surface area (Å²) in [5.41, 5.74) is 2.64. The third-order valence-electron chi connectivity index (χ3n) is 3.98. The highest BCUT2D eigenvalue weighted by Gasteiger charge is 2.20. The SMILES string of the molecule is C[C@@H]1Cc2cc(-c3cc(COC(=O)CSc4ncccn4)no3)ccc2O1. The van der Waals surface area contributed by atoms with E-state index in [0.29, 0.717) is 16.6 Å². The van der Waals surface area contributed by atoms with Crippen LogP contribution in [-0.4, -0.2) is 33.0 Å². The predicted molar refractivity (Wildman–Crippen MR) is 98.3 cm³/mol. The number of rotatable bonds is 6. The average molecular weight is 383 g/mol. The number of fused-ring (bicyclic) bond motifs is 1. The first kappa shape index (κ1) is 17.5. The summed E-state index contributed by atoms with van der Waals surface area (Å²) in [4.78, 5) is 19.9. The van der Waals surface area contributed by atoms with Crippen molar-refractivity contribution in [2.24, 2.45) is 0 Å². The van der Waals surface area contributed by atoms with Gasteiger partial charge in [-0.25, -0.2) is 9.97 Å². The lowest BCUT2D eigenvalue weighted by atomic mass is 10.1. The Morgan fingerprint density at radius 1 is 1.30 bits per heavy atom. The van der Waals surface area contributed by atoms with Crippen molar-refractivity contribution in [3.05, 3.63) is 54.0 Å². The van der Waals surface area contributed by atoms with E-state index < -0.39 is 0 Å². The molecular formula is C19H17N3O4S. The van der Waals surface area contributed by atoms with Gasteiger partial charge in [0.05, 0.1) is 5.75 Å². The van der Waals surface area contributed by atoms with Crippen LogP contribution in [0.25, 0.3) is 11.3 Å². The van der Waals surface area contributed by atoms with Crippen LogP contribution in [0.15, 0.2) is 52.4 Å². The van der Waals surface area contributed by atoms with E-state index in [4.69, 9.17) is 14.0 Å². The van der Waals surface area contributed by atoms with E-state index in [9.17, 15) is 4.79 Å². The van der Waals surface area contributed by atoms with Gasteiger partial charge < -0.3 is 14.0 Å². The maximum Gasteiger partial charge on any atom is 0.316 e. The molecule has 1 aromatic carbocycles. The van der Waals surface area contributed by atoms with E-state index in [1.165, 1.54) is 11.8 Å². The molecule has 3 aromatic rings. The number of carbonyl (C=O) groups excluding carboxylic acids is 1. The highest BCUT2D eigenvalue weighted by atomic mass is 32.2. The fraction of sp³-hybridized carbons (Fsp3) is 0.263. The Kier molecular flexibility index (Phi) is 5.06. The number of aromatic nitrogens is 3. The lowest BCUT2D eigenvalue weighted by Crippen LogP contribution is -2.07. The van der Waals surface area contributed by atoms with Gasteiger partial charge in [-0.1, -0.05) is 16.9 Å². The van der Waals surface area contributed by atoms with Gasteiger partial charge in [-0.2, -0.15) is 0 Å². The molecule has 3 heterocycles. The largest absolute Gasteiger partial charge is 0.490 e. The molecule has 0 saturated heterocycles. The van der Waals surface area contributed by atoms with E-state index in [1.807, 2.05) is 25.1 Å². The summed E-state index contributed by atoms with van der Waals surface area (Å²) in [6, 6.07) is 9.43. The number of benzene rings is 1. The van der Waals surface area contributed by atoms with Gasteiger partial charge in [-0.15, -0.1) is 0 Å². The summed E-state index contributed by atoms with van der Waals surface area (Å²) < 4.78 is 16.3. The maximum atomic E-state index is 11.9. The fourth-order valence-electron chi connectivity index (χ4n) is 2.77. The van der Waals surface area contributed by atoms with Gasteiger partial charge in [0.1, 0.15) is 24.2 Å². The van der Waals surface area contributed by atoms with Crippen molar-refractivity contribution in [2.75, 3.05) is 5.75 Å². The molecule has 0 radical (unpaired) electrons. The van der Waals surface area contributed by atoms with Crippen LogP contribution in [0.5, 0.6) is 5.75 Å². The van der Waals surface area contributed by atoms with Crippen LogP contribution in [0.3, 0.4) is 0 Å². The van der Waals surface area contributed by atoms with Crippen molar-refractivity contribution in [3.8, 4) is 17.1 Å². The Morgan fingerprint density at radius 2 is 2.15 bits per heavy atom. The molecule has 1 aliphatic heterocycles. The summed E-state index contributed by atoms with van der Waals surface area (Å²) >= 11 is 1.22. The van der Waals surface area contributed by atoms with Crippen LogP contribution in [0.4, 0.5) is 0 Å². The van der Waals surface area contributed by atoms with E-state index in [2.05, 4.69) is 15.1 Å². The summed E-state index contributed by atoms with van der Waals surface area (Å²) in [5.74, 6) is 1.33. The molecule has 0 bridgehead atoms. The summed E-state index contributed by atoms with van der Waals surface area (Å²) in [6.45, 7) is 2.10. The Morgan fingerprint density at radius 3 is 3.00 bits per heavy atom. The molecule has 0 aliphatic carbocycles. The Bertz CT molecular complexity index is 945. The molecule has 27 heavy (non-hydrogen) atoms. The van der Waals surface area contributed by atoms with Gasteiger partial charge in [-0.3, -0.25) is 4.79 Å². The Labute approximate surface area is 160 Å². The van der Waals surface area contributed by atoms with Crippen molar-refractivity contribution < 1.29 is 18.8 Å². The van der Waals surface area contributed by atoms with E-state index in [1.54, 1.807) is 24.5 Å². The summed E-state index contributed by atoms with van der Waals surface area (Å²) in [7, 11) is 0. The highest BCUT2D eigenvalue weighted by Crippen LogP contribution is 2.33. The number of carbonyl (C=O) groups is 1. The minimum absolute atomic E-state index is 0.0592. The molecule has 7 nitrogen and oxygen atoms in total. The number of esters is 1. The van der Waals surface area contributed by atoms with Crippen molar-refractivity contribution in [3.63, 3.8) is 0 Å². The second-order valence-corrected chi connectivity index (χ2v) is 7.06. The summed E-state index contributed by atoms with van der Waals surface area (Å²) in [6.07, 6.45) is 4.33. The molecule has 0 spiro atoms. The first-order valence-electron chi connectivity index (χ1n) is 8.48. The predicted octanol–water partition coefficient (Wildman–Crippen LogP) is 3.29. The topological polar surface area (TPSA) is 87.3 Å². The van der Waals surface area contributed by atoms with Crippen LogP contribution < -0.4 is 4.74 Å². The van der Waals surface area contributed by atoms with Crippen LogP contribution in [0, 0.1) is 0 Å². The fourth-order valence-corrected chi connectivity index (χ4v) is 3.37. The number of ether oxygens (including phenoxy) is 2. The Balaban J connectivity index is 1.32. The van der Waals surface area contributed by atoms with Gasteiger partial charge in [0.25, 0.3) is 0 Å². The van der Waals surface area contributed by atoms with Gasteiger partial charge in [0.15, 0.2) is 10.9 Å². The number of nitrogens with zero attached hydrogens (tertiary/aromatic N) is 3. The van der Waals surface area contributed by atoms with Crippen LogP contribution in [-0.2, 0) is 22.6 Å². The molecule has 0 saturated carbocycles. The smallest absolute Gasteiger partial charge is 0.316 e. The molecule has 8 heteroatoms. The maximum absolute atomic E-state index is 11.9. The summed E-state index contributed by atoms with van der Waals surface area (Å²) in [5, 5.41) is 4.51. The monoisotopic (exact) mass is 383 g/mol. The number of hydrogen-bond acceptors (Lipinski definition) is 8. The molecule has 1 aliphatic rings. The first-order chi connectivity index (χ1) is 13.2. The molecule has 138 valence electrons. The first-order valence-corrected chi connectivity index (χ1v) is 9.47. The molecule has 0 fully saturated rings. The number of thioether (sulfide) groups is 1. The third-order valence-corrected chi connectivity index (χ3v) is 4.83. The van der Waals surface area contributed by atoms with Gasteiger partial charge in [-0.05, 0) is 36.8 Å². The van der Waals surface area contributed by atoms with Gasteiger partial charge in [0.2, 0.25) is 0 Å². The van der Waals surface area contributed by atoms with Crippen molar-refractivity contribution in [1.82, 2.24) is 15.1 Å². The van der Waals surface area contributed by atoms with E-state index in [-0.39, 0.29) is 24.4 Å². The second-order valence-electron chi connectivity index (χ2n) is 6.12.